The quantitative estimate of drug-likeness (QED) is 0.912. The second-order valence-electron chi connectivity index (χ2n) is 7.54. The van der Waals surface area contributed by atoms with E-state index in [4.69, 9.17) is 9.47 Å². The van der Waals surface area contributed by atoms with Gasteiger partial charge in [-0.1, -0.05) is 12.1 Å². The number of benzene rings is 1. The fourth-order valence-electron chi connectivity index (χ4n) is 3.27. The number of nitrogens with zero attached hydrogens (tertiary/aromatic N) is 2. The van der Waals surface area contributed by atoms with Gasteiger partial charge in [0.05, 0.1) is 23.5 Å². The van der Waals surface area contributed by atoms with Crippen molar-refractivity contribution in [1.82, 2.24) is 9.88 Å². The predicted octanol–water partition coefficient (Wildman–Crippen LogP) is 2.77. The third kappa shape index (κ3) is 3.39. The maximum atomic E-state index is 13.2. The van der Waals surface area contributed by atoms with Crippen LogP contribution in [0.15, 0.2) is 24.3 Å². The van der Waals surface area contributed by atoms with E-state index in [0.717, 1.165) is 22.3 Å². The summed E-state index contributed by atoms with van der Waals surface area (Å²) in [6.07, 6.45) is -0.605. The Balaban J connectivity index is 2.01. The minimum atomic E-state index is -0.728. The summed E-state index contributed by atoms with van der Waals surface area (Å²) in [5.74, 6) is -0.199. The van der Waals surface area contributed by atoms with Crippen LogP contribution < -0.4 is 10.2 Å². The maximum Gasteiger partial charge on any atom is 0.408 e. The number of amides is 1. The van der Waals surface area contributed by atoms with Crippen molar-refractivity contribution in [2.45, 2.75) is 39.0 Å². The number of hydrogen-bond donors (Lipinski definition) is 1. The molecular weight excluding hydrogens is 334 g/mol. The molecule has 1 aromatic heterocycles. The van der Waals surface area contributed by atoms with Crippen LogP contribution in [0.2, 0.25) is 0 Å². The first-order valence-corrected chi connectivity index (χ1v) is 8.58. The van der Waals surface area contributed by atoms with E-state index >= 15 is 0 Å². The lowest BCUT2D eigenvalue weighted by Crippen LogP contribution is -2.49. The van der Waals surface area contributed by atoms with Crippen molar-refractivity contribution >= 4 is 28.6 Å². The minimum absolute atomic E-state index is 0.199. The zero-order chi connectivity index (χ0) is 19.1. The number of hydrogen-bond acceptors (Lipinski definition) is 5. The summed E-state index contributed by atoms with van der Waals surface area (Å²) < 4.78 is 12.2. The van der Waals surface area contributed by atoms with Crippen LogP contribution in [0, 0.1) is 0 Å². The van der Waals surface area contributed by atoms with Crippen LogP contribution in [0.5, 0.6) is 0 Å². The highest BCUT2D eigenvalue weighted by Gasteiger charge is 2.32. The predicted molar refractivity (Wildman–Crippen MR) is 99.7 cm³/mol. The van der Waals surface area contributed by atoms with Crippen molar-refractivity contribution in [2.24, 2.45) is 0 Å². The zero-order valence-corrected chi connectivity index (χ0v) is 15.8. The second-order valence-corrected chi connectivity index (χ2v) is 7.54. The van der Waals surface area contributed by atoms with E-state index in [2.05, 4.69) is 5.32 Å². The van der Waals surface area contributed by atoms with E-state index in [1.807, 2.05) is 36.2 Å². The molecule has 7 nitrogen and oxygen atoms in total. The SMILES string of the molecule is COCc1cc2cccc3c2n1C(=O)[C@@H](NC(=O)OC(C)(C)C)CN3C. The summed E-state index contributed by atoms with van der Waals surface area (Å²) in [6.45, 7) is 6.02. The van der Waals surface area contributed by atoms with Crippen LogP contribution in [-0.4, -0.2) is 48.9 Å². The number of carbonyl (C=O) groups excluding carboxylic acids is 2. The molecule has 0 aliphatic carbocycles. The summed E-state index contributed by atoms with van der Waals surface area (Å²) in [5.41, 5.74) is 1.90. The minimum Gasteiger partial charge on any atom is -0.444 e. The normalized spacial score (nSPS) is 17.3. The van der Waals surface area contributed by atoms with Crippen LogP contribution in [-0.2, 0) is 16.1 Å². The number of alkyl carbamates (subject to hydrolysis) is 1. The third-order valence-electron chi connectivity index (χ3n) is 4.25. The Morgan fingerprint density at radius 3 is 2.73 bits per heavy atom. The van der Waals surface area contributed by atoms with Gasteiger partial charge in [-0.2, -0.15) is 0 Å². The van der Waals surface area contributed by atoms with Crippen molar-refractivity contribution in [1.29, 1.82) is 0 Å². The lowest BCUT2D eigenvalue weighted by atomic mass is 10.2. The van der Waals surface area contributed by atoms with Crippen molar-refractivity contribution in [3.8, 4) is 0 Å². The van der Waals surface area contributed by atoms with E-state index in [-0.39, 0.29) is 5.91 Å². The fraction of sp³-hybridized carbons (Fsp3) is 0.474. The molecule has 2 heterocycles. The maximum absolute atomic E-state index is 13.2. The topological polar surface area (TPSA) is 72.8 Å². The Kier molecular flexibility index (Phi) is 4.66. The first-order valence-electron chi connectivity index (χ1n) is 8.58. The lowest BCUT2D eigenvalue weighted by molar-refractivity contribution is 0.0484. The zero-order valence-electron chi connectivity index (χ0n) is 15.8. The van der Waals surface area contributed by atoms with E-state index in [1.54, 1.807) is 32.4 Å². The molecule has 0 spiro atoms. The molecule has 1 aliphatic rings. The largest absolute Gasteiger partial charge is 0.444 e. The van der Waals surface area contributed by atoms with Crippen molar-refractivity contribution in [3.63, 3.8) is 0 Å². The van der Waals surface area contributed by atoms with E-state index in [1.165, 1.54) is 0 Å². The Bertz CT molecular complexity index is 850. The van der Waals surface area contributed by atoms with Gasteiger partial charge >= 0.3 is 6.09 Å². The summed E-state index contributed by atoms with van der Waals surface area (Å²) in [6, 6.07) is 7.12. The molecular formula is C19H25N3O4. The highest BCUT2D eigenvalue weighted by Crippen LogP contribution is 2.32. The van der Waals surface area contributed by atoms with Gasteiger partial charge in [-0.15, -0.1) is 0 Å². The van der Waals surface area contributed by atoms with E-state index < -0.39 is 17.7 Å². The number of anilines is 1. The molecule has 26 heavy (non-hydrogen) atoms. The Morgan fingerprint density at radius 2 is 2.08 bits per heavy atom. The highest BCUT2D eigenvalue weighted by atomic mass is 16.6. The van der Waals surface area contributed by atoms with Crippen molar-refractivity contribution in [3.05, 3.63) is 30.0 Å². The first kappa shape index (κ1) is 18.3. The molecule has 1 aromatic carbocycles. The Morgan fingerprint density at radius 1 is 1.35 bits per heavy atom. The number of methoxy groups -OCH3 is 1. The number of nitrogens with one attached hydrogen (secondary N) is 1. The standard InChI is InChI=1S/C19H25N3O4/c1-19(2,3)26-18(24)20-14-10-21(4)15-8-6-7-12-9-13(11-25-5)22(16(12)15)17(14)23/h6-9,14H,10-11H2,1-5H3,(H,20,24)/t14-/m0/s1. The molecule has 0 fully saturated rings. The molecule has 2 aromatic rings. The Labute approximate surface area is 152 Å². The number of likely N-dealkylation sites (N-methyl/N-ethyl adjacent to an activating group) is 1. The van der Waals surface area contributed by atoms with E-state index in [9.17, 15) is 9.59 Å². The van der Waals surface area contributed by atoms with Gasteiger partial charge in [-0.3, -0.25) is 9.36 Å². The molecule has 0 radical (unpaired) electrons. The third-order valence-corrected chi connectivity index (χ3v) is 4.25. The van der Waals surface area contributed by atoms with Gasteiger partial charge in [0, 0.05) is 26.1 Å². The molecule has 0 saturated carbocycles. The number of para-hydroxylation sites is 1. The average Bonchev–Trinajstić information content (AvgIpc) is 2.85. The summed E-state index contributed by atoms with van der Waals surface area (Å²) in [7, 11) is 3.50. The Hall–Kier alpha value is -2.54. The molecule has 1 amide bonds. The van der Waals surface area contributed by atoms with Gasteiger partial charge in [-0.25, -0.2) is 4.79 Å². The first-order chi connectivity index (χ1) is 12.2. The van der Waals surface area contributed by atoms with Gasteiger partial charge in [-0.05, 0) is 32.9 Å². The molecule has 7 heteroatoms. The summed E-state index contributed by atoms with van der Waals surface area (Å²) in [5, 5.41) is 3.68. The van der Waals surface area contributed by atoms with Crippen LogP contribution in [0.1, 0.15) is 31.3 Å². The van der Waals surface area contributed by atoms with Gasteiger partial charge in [0.25, 0.3) is 5.91 Å². The second kappa shape index (κ2) is 6.64. The average molecular weight is 359 g/mol. The van der Waals surface area contributed by atoms with E-state index in [0.29, 0.717) is 13.2 Å². The number of aromatic nitrogens is 1. The molecule has 0 bridgehead atoms. The lowest BCUT2D eigenvalue weighted by Gasteiger charge is -2.25. The molecule has 0 saturated heterocycles. The highest BCUT2D eigenvalue weighted by molar-refractivity contribution is 6.04. The molecule has 1 N–H and O–H groups in total. The molecule has 140 valence electrons. The number of ether oxygens (including phenoxy) is 2. The molecule has 1 aliphatic heterocycles. The molecule has 1 atom stereocenters. The van der Waals surface area contributed by atoms with Crippen molar-refractivity contribution < 1.29 is 19.1 Å². The number of rotatable bonds is 3. The summed E-state index contributed by atoms with van der Waals surface area (Å²) >= 11 is 0. The van der Waals surface area contributed by atoms with Crippen LogP contribution in [0.25, 0.3) is 10.9 Å². The fourth-order valence-corrected chi connectivity index (χ4v) is 3.27. The van der Waals surface area contributed by atoms with Gasteiger partial charge < -0.3 is 19.7 Å². The molecule has 3 rings (SSSR count). The van der Waals surface area contributed by atoms with Crippen LogP contribution in [0.4, 0.5) is 10.5 Å². The molecule has 0 unspecified atom stereocenters. The smallest absolute Gasteiger partial charge is 0.408 e. The van der Waals surface area contributed by atoms with Crippen LogP contribution >= 0.6 is 0 Å². The van der Waals surface area contributed by atoms with Crippen molar-refractivity contribution in [2.75, 3.05) is 25.6 Å². The van der Waals surface area contributed by atoms with Gasteiger partial charge in [0.1, 0.15) is 11.6 Å². The van der Waals surface area contributed by atoms with Gasteiger partial charge in [0.2, 0.25) is 0 Å². The number of carbonyl (C=O) groups is 2. The van der Waals surface area contributed by atoms with Gasteiger partial charge in [0.15, 0.2) is 0 Å². The van der Waals surface area contributed by atoms with Crippen LogP contribution in [0.3, 0.4) is 0 Å². The monoisotopic (exact) mass is 359 g/mol. The summed E-state index contributed by atoms with van der Waals surface area (Å²) in [4.78, 5) is 27.4.